The zero-order chi connectivity index (χ0) is 21.0. The number of hydrogen-bond donors (Lipinski definition) is 2. The van der Waals surface area contributed by atoms with Crippen LogP contribution in [0.5, 0.6) is 0 Å². The lowest BCUT2D eigenvalue weighted by Crippen LogP contribution is -2.45. The number of aryl methyl sites for hydroxylation is 1. The van der Waals surface area contributed by atoms with E-state index in [-0.39, 0.29) is 28.2 Å². The molecule has 2 aromatic rings. The van der Waals surface area contributed by atoms with Crippen LogP contribution in [0.2, 0.25) is 0 Å². The molecule has 2 aliphatic carbocycles. The van der Waals surface area contributed by atoms with Gasteiger partial charge in [-0.25, -0.2) is 4.79 Å². The predicted molar refractivity (Wildman–Crippen MR) is 108 cm³/mol. The van der Waals surface area contributed by atoms with Gasteiger partial charge < -0.3 is 10.8 Å². The summed E-state index contributed by atoms with van der Waals surface area (Å²) in [4.78, 5) is 13.6. The average Bonchev–Trinajstić information content (AvgIpc) is 3.05. The molecule has 9 heteroatoms. The summed E-state index contributed by atoms with van der Waals surface area (Å²) in [6, 6.07) is 8.07. The molecule has 0 bridgehead atoms. The maximum Gasteiger partial charge on any atom is 0.408 e. The van der Waals surface area contributed by atoms with E-state index in [1.807, 2.05) is 13.8 Å². The molecule has 3 N–H and O–H groups in total. The number of nitrogens with two attached hydrogens (primary N) is 1. The molecular weight excluding hydrogens is 392 g/mol. The monoisotopic (exact) mass is 418 g/mol. The van der Waals surface area contributed by atoms with Crippen molar-refractivity contribution in [2.24, 2.45) is 0 Å². The summed E-state index contributed by atoms with van der Waals surface area (Å²) in [5, 5.41) is 13.8. The van der Waals surface area contributed by atoms with Gasteiger partial charge in [0.25, 0.3) is 10.0 Å². The highest BCUT2D eigenvalue weighted by molar-refractivity contribution is 7.89. The van der Waals surface area contributed by atoms with Gasteiger partial charge >= 0.3 is 6.09 Å². The number of aromatic nitrogens is 2. The number of hydrogen-bond acceptors (Lipinski definition) is 5. The third kappa shape index (κ3) is 3.48. The molecule has 2 saturated carbocycles. The lowest BCUT2D eigenvalue weighted by Gasteiger charge is -2.32. The normalized spacial score (nSPS) is 23.1. The van der Waals surface area contributed by atoms with E-state index in [2.05, 4.69) is 5.10 Å². The average molecular weight is 419 g/mol. The van der Waals surface area contributed by atoms with Gasteiger partial charge in [-0.05, 0) is 58.1 Å². The Morgan fingerprint density at radius 3 is 2.52 bits per heavy atom. The second kappa shape index (κ2) is 6.76. The van der Waals surface area contributed by atoms with Gasteiger partial charge in [0.05, 0.1) is 10.6 Å². The molecule has 8 nitrogen and oxygen atoms in total. The van der Waals surface area contributed by atoms with Gasteiger partial charge in [0.1, 0.15) is 5.82 Å². The third-order valence-electron chi connectivity index (χ3n) is 6.22. The summed E-state index contributed by atoms with van der Waals surface area (Å²) in [5.41, 5.74) is 7.06. The van der Waals surface area contributed by atoms with Crippen molar-refractivity contribution in [2.45, 2.75) is 68.3 Å². The van der Waals surface area contributed by atoms with Gasteiger partial charge in [0.15, 0.2) is 0 Å². The highest BCUT2D eigenvalue weighted by Gasteiger charge is 2.50. The fourth-order valence-corrected chi connectivity index (χ4v) is 5.75. The number of carbonyl (C=O) groups is 1. The van der Waals surface area contributed by atoms with Crippen molar-refractivity contribution in [3.05, 3.63) is 41.6 Å². The van der Waals surface area contributed by atoms with Crippen LogP contribution in [-0.2, 0) is 10.0 Å². The fraction of sp³-hybridized carbons (Fsp3) is 0.500. The summed E-state index contributed by atoms with van der Waals surface area (Å²) in [6.45, 7) is 3.86. The molecule has 0 saturated heterocycles. The molecular formula is C20H26N4O4S. The van der Waals surface area contributed by atoms with Crippen molar-refractivity contribution in [3.8, 4) is 0 Å². The van der Waals surface area contributed by atoms with Crippen molar-refractivity contribution in [2.75, 3.05) is 5.73 Å². The number of nitrogen functional groups attached to an aromatic ring is 1. The first-order valence-corrected chi connectivity index (χ1v) is 11.3. The molecule has 2 fully saturated rings. The lowest BCUT2D eigenvalue weighted by atomic mass is 10.0. The maximum absolute atomic E-state index is 13.2. The Morgan fingerprint density at radius 1 is 1.28 bits per heavy atom. The van der Waals surface area contributed by atoms with Crippen LogP contribution in [0.4, 0.5) is 10.6 Å². The molecule has 1 aromatic heterocycles. The Bertz CT molecular complexity index is 1040. The molecule has 1 heterocycles. The number of anilines is 1. The van der Waals surface area contributed by atoms with Crippen LogP contribution >= 0.6 is 0 Å². The molecule has 29 heavy (non-hydrogen) atoms. The Morgan fingerprint density at radius 2 is 1.93 bits per heavy atom. The predicted octanol–water partition coefficient (Wildman–Crippen LogP) is 3.18. The van der Waals surface area contributed by atoms with Crippen molar-refractivity contribution in [3.63, 3.8) is 0 Å². The van der Waals surface area contributed by atoms with Crippen molar-refractivity contribution in [1.82, 2.24) is 14.1 Å². The van der Waals surface area contributed by atoms with E-state index in [0.29, 0.717) is 25.0 Å². The number of amides is 1. The number of carboxylic acid groups (broad SMARTS) is 1. The number of benzene rings is 1. The smallest absolute Gasteiger partial charge is 0.408 e. The Hall–Kier alpha value is -2.55. The van der Waals surface area contributed by atoms with Crippen LogP contribution < -0.4 is 5.73 Å². The minimum absolute atomic E-state index is 0.116. The van der Waals surface area contributed by atoms with E-state index in [1.54, 1.807) is 35.2 Å². The van der Waals surface area contributed by atoms with Crippen LogP contribution in [0.15, 0.2) is 35.2 Å². The van der Waals surface area contributed by atoms with E-state index in [9.17, 15) is 18.3 Å². The van der Waals surface area contributed by atoms with Gasteiger partial charge in [-0.15, -0.1) is 5.10 Å². The van der Waals surface area contributed by atoms with Crippen molar-refractivity contribution >= 4 is 21.9 Å². The van der Waals surface area contributed by atoms with Gasteiger partial charge in [0, 0.05) is 23.6 Å². The van der Waals surface area contributed by atoms with Crippen LogP contribution in [-0.4, -0.2) is 45.3 Å². The highest BCUT2D eigenvalue weighted by atomic mass is 32.2. The SMILES string of the molecule is Cc1ccc(S(=O)(=O)n2nc(N)cc2[C@H]2CC[C@@H](N(C(=O)O)C3(C)CC3)C2)cc1. The van der Waals surface area contributed by atoms with Crippen LogP contribution in [0.1, 0.15) is 56.2 Å². The first kappa shape index (κ1) is 19.8. The molecule has 0 aliphatic heterocycles. The van der Waals surface area contributed by atoms with Crippen molar-refractivity contribution < 1.29 is 18.3 Å². The van der Waals surface area contributed by atoms with Gasteiger partial charge in [-0.3, -0.25) is 4.90 Å². The van der Waals surface area contributed by atoms with Gasteiger partial charge in [-0.2, -0.15) is 12.5 Å². The molecule has 2 atom stereocenters. The van der Waals surface area contributed by atoms with E-state index in [1.165, 1.54) is 0 Å². The van der Waals surface area contributed by atoms with Gasteiger partial charge in [0.2, 0.25) is 0 Å². The maximum atomic E-state index is 13.2. The Balaban J connectivity index is 1.64. The van der Waals surface area contributed by atoms with Crippen LogP contribution in [0.25, 0.3) is 0 Å². The minimum Gasteiger partial charge on any atom is -0.465 e. The van der Waals surface area contributed by atoms with Crippen molar-refractivity contribution in [1.29, 1.82) is 0 Å². The molecule has 0 unspecified atom stereocenters. The topological polar surface area (TPSA) is 119 Å². The quantitative estimate of drug-likeness (QED) is 0.770. The van der Waals surface area contributed by atoms with Gasteiger partial charge in [-0.1, -0.05) is 17.7 Å². The summed E-state index contributed by atoms with van der Waals surface area (Å²) in [6.07, 6.45) is 2.79. The third-order valence-corrected chi connectivity index (χ3v) is 7.83. The molecule has 156 valence electrons. The highest BCUT2D eigenvalue weighted by Crippen LogP contribution is 2.47. The Kier molecular flexibility index (Phi) is 4.60. The molecule has 1 aromatic carbocycles. The second-order valence-corrected chi connectivity index (χ2v) is 10.2. The fourth-order valence-electron chi connectivity index (χ4n) is 4.39. The summed E-state index contributed by atoms with van der Waals surface area (Å²) in [7, 11) is -3.88. The molecule has 0 spiro atoms. The Labute approximate surface area is 170 Å². The summed E-state index contributed by atoms with van der Waals surface area (Å²) < 4.78 is 27.4. The second-order valence-electron chi connectivity index (χ2n) is 8.47. The molecule has 2 aliphatic rings. The molecule has 1 amide bonds. The van der Waals surface area contributed by atoms with Crippen LogP contribution in [0.3, 0.4) is 0 Å². The van der Waals surface area contributed by atoms with E-state index < -0.39 is 16.1 Å². The van der Waals surface area contributed by atoms with E-state index in [0.717, 1.165) is 22.5 Å². The zero-order valence-electron chi connectivity index (χ0n) is 16.6. The first-order valence-electron chi connectivity index (χ1n) is 9.82. The van der Waals surface area contributed by atoms with E-state index in [4.69, 9.17) is 5.73 Å². The lowest BCUT2D eigenvalue weighted by molar-refractivity contribution is 0.0955. The number of nitrogens with zero attached hydrogens (tertiary/aromatic N) is 3. The summed E-state index contributed by atoms with van der Waals surface area (Å²) in [5.74, 6) is 0.0256. The molecule has 4 rings (SSSR count). The molecule has 0 radical (unpaired) electrons. The zero-order valence-corrected chi connectivity index (χ0v) is 17.4. The largest absolute Gasteiger partial charge is 0.465 e. The number of rotatable bonds is 5. The first-order chi connectivity index (χ1) is 13.6. The van der Waals surface area contributed by atoms with Crippen LogP contribution in [0, 0.1) is 6.92 Å². The summed E-state index contributed by atoms with van der Waals surface area (Å²) >= 11 is 0. The van der Waals surface area contributed by atoms with E-state index >= 15 is 0 Å². The minimum atomic E-state index is -3.88. The standard InChI is InChI=1S/C20H26N4O4S/c1-13-3-7-16(8-4-13)29(27,28)24-17(12-18(21)22-24)14-5-6-15(11-14)23(19(25)26)20(2)9-10-20/h3-4,7-8,12,14-15H,5-6,9-11H2,1-2H3,(H2,21,22)(H,25,26)/t14-,15+/m0/s1.